The maximum Gasteiger partial charge on any atom is 0.319 e. The van der Waals surface area contributed by atoms with Gasteiger partial charge in [-0.25, -0.2) is 8.42 Å². The summed E-state index contributed by atoms with van der Waals surface area (Å²) in [6, 6.07) is 18.0. The average Bonchev–Trinajstić information content (AvgIpc) is 2.75. The highest BCUT2D eigenvalue weighted by molar-refractivity contribution is 7.92. The summed E-state index contributed by atoms with van der Waals surface area (Å²) in [6.45, 7) is 9.39. The van der Waals surface area contributed by atoms with Gasteiger partial charge in [0, 0.05) is 0 Å². The third kappa shape index (κ3) is 6.60. The van der Waals surface area contributed by atoms with Crippen molar-refractivity contribution in [3.8, 4) is 22.6 Å². The van der Waals surface area contributed by atoms with Crippen LogP contribution in [-0.4, -0.2) is 31.9 Å². The van der Waals surface area contributed by atoms with E-state index in [0.29, 0.717) is 24.9 Å². The van der Waals surface area contributed by atoms with Gasteiger partial charge in [0.1, 0.15) is 18.1 Å². The molecule has 0 saturated carbocycles. The summed E-state index contributed by atoms with van der Waals surface area (Å²) >= 11 is 0. The molecule has 0 saturated heterocycles. The fourth-order valence-electron chi connectivity index (χ4n) is 3.70. The van der Waals surface area contributed by atoms with Gasteiger partial charge < -0.3 is 14.6 Å². The van der Waals surface area contributed by atoms with E-state index >= 15 is 0 Å². The summed E-state index contributed by atoms with van der Waals surface area (Å²) in [6.07, 6.45) is 0. The quantitative estimate of drug-likeness (QED) is 0.414. The van der Waals surface area contributed by atoms with Gasteiger partial charge in [0.25, 0.3) is 0 Å². The number of aryl methyl sites for hydroxylation is 2. The molecule has 0 amide bonds. The molecule has 0 unspecified atom stereocenters. The maximum absolute atomic E-state index is 12.0. The molecule has 0 fully saturated rings. The van der Waals surface area contributed by atoms with Crippen molar-refractivity contribution < 1.29 is 27.8 Å². The number of sulfone groups is 1. The van der Waals surface area contributed by atoms with Gasteiger partial charge in [-0.15, -0.1) is 0 Å². The molecule has 0 aromatic heterocycles. The third-order valence-corrected chi connectivity index (χ3v) is 6.82. The van der Waals surface area contributed by atoms with Gasteiger partial charge in [-0.05, 0) is 90.0 Å². The smallest absolute Gasteiger partial charge is 0.319 e. The van der Waals surface area contributed by atoms with E-state index in [9.17, 15) is 13.2 Å². The Kier molecular flexibility index (Phi) is 7.99. The van der Waals surface area contributed by atoms with Crippen LogP contribution in [0.3, 0.4) is 0 Å². The van der Waals surface area contributed by atoms with E-state index in [1.807, 2.05) is 12.1 Å². The van der Waals surface area contributed by atoms with E-state index in [4.69, 9.17) is 14.6 Å². The minimum Gasteiger partial charge on any atom is -0.493 e. The van der Waals surface area contributed by atoms with Crippen LogP contribution in [0, 0.1) is 19.8 Å². The normalized spacial score (nSPS) is 11.4. The van der Waals surface area contributed by atoms with Gasteiger partial charge in [-0.3, -0.25) is 4.79 Å². The molecule has 34 heavy (non-hydrogen) atoms. The molecule has 3 aromatic carbocycles. The van der Waals surface area contributed by atoms with Crippen LogP contribution >= 0.6 is 0 Å². The van der Waals surface area contributed by atoms with Crippen molar-refractivity contribution >= 4 is 15.8 Å². The summed E-state index contributed by atoms with van der Waals surface area (Å²) in [5.74, 6) is -0.492. The largest absolute Gasteiger partial charge is 0.493 e. The Labute approximate surface area is 201 Å². The van der Waals surface area contributed by atoms with Crippen LogP contribution in [0.4, 0.5) is 0 Å². The maximum atomic E-state index is 12.0. The van der Waals surface area contributed by atoms with Crippen LogP contribution < -0.4 is 9.47 Å². The highest BCUT2D eigenvalue weighted by atomic mass is 32.2. The minimum absolute atomic E-state index is 0.0454. The average molecular weight is 483 g/mol. The Bertz CT molecular complexity index is 1240. The van der Waals surface area contributed by atoms with Crippen molar-refractivity contribution in [3.05, 3.63) is 77.4 Å². The van der Waals surface area contributed by atoms with E-state index in [0.717, 1.165) is 33.6 Å². The lowest BCUT2D eigenvalue weighted by Gasteiger charge is -2.16. The number of carbonyl (C=O) groups is 1. The van der Waals surface area contributed by atoms with E-state index in [1.165, 1.54) is 24.3 Å². The lowest BCUT2D eigenvalue weighted by molar-refractivity contribution is -0.134. The fraction of sp³-hybridized carbons (Fsp3) is 0.296. The van der Waals surface area contributed by atoms with Gasteiger partial charge in [0.15, 0.2) is 15.6 Å². The molecule has 0 bridgehead atoms. The van der Waals surface area contributed by atoms with Crippen molar-refractivity contribution in [3.63, 3.8) is 0 Å². The van der Waals surface area contributed by atoms with Crippen LogP contribution in [0.25, 0.3) is 11.1 Å². The first-order chi connectivity index (χ1) is 16.0. The first kappa shape index (κ1) is 25.3. The monoisotopic (exact) mass is 482 g/mol. The molecular weight excluding hydrogens is 452 g/mol. The Hall–Kier alpha value is -3.32. The van der Waals surface area contributed by atoms with Crippen molar-refractivity contribution in [2.24, 2.45) is 5.92 Å². The van der Waals surface area contributed by atoms with Gasteiger partial charge >= 0.3 is 5.97 Å². The van der Waals surface area contributed by atoms with Gasteiger partial charge in [0.05, 0.1) is 11.5 Å². The van der Waals surface area contributed by atoms with Crippen LogP contribution in [0.15, 0.2) is 65.6 Å². The molecule has 180 valence electrons. The number of rotatable bonds is 10. The van der Waals surface area contributed by atoms with E-state index < -0.39 is 21.6 Å². The lowest BCUT2D eigenvalue weighted by atomic mass is 9.94. The predicted octanol–water partition coefficient (Wildman–Crippen LogP) is 5.44. The number of aliphatic carboxylic acids is 1. The standard InChI is InChI=1S/C27H30O6S/c1-18(2)15-32-24-12-19(3)27(20(4)13-24)22-7-5-6-21(14-22)16-33-23-8-10-25(11-9-23)34(30,31)17-26(28)29/h5-14,18H,15-17H2,1-4H3,(H,28,29). The highest BCUT2D eigenvalue weighted by Crippen LogP contribution is 2.32. The summed E-state index contributed by atoms with van der Waals surface area (Å²) in [4.78, 5) is 10.7. The molecule has 0 aliphatic rings. The zero-order valence-electron chi connectivity index (χ0n) is 19.9. The lowest BCUT2D eigenvalue weighted by Crippen LogP contribution is -2.15. The summed E-state index contributed by atoms with van der Waals surface area (Å²) in [7, 11) is -3.86. The molecule has 0 spiro atoms. The molecule has 0 radical (unpaired) electrons. The zero-order chi connectivity index (χ0) is 24.9. The summed E-state index contributed by atoms with van der Waals surface area (Å²) in [5.41, 5.74) is 5.48. The van der Waals surface area contributed by atoms with Crippen LogP contribution in [-0.2, 0) is 21.2 Å². The Morgan fingerprint density at radius 3 is 2.15 bits per heavy atom. The number of carboxylic acid groups (broad SMARTS) is 1. The van der Waals surface area contributed by atoms with Crippen molar-refractivity contribution in [2.75, 3.05) is 12.4 Å². The van der Waals surface area contributed by atoms with Crippen molar-refractivity contribution in [1.29, 1.82) is 0 Å². The second-order valence-corrected chi connectivity index (χ2v) is 10.7. The van der Waals surface area contributed by atoms with E-state index in [-0.39, 0.29) is 4.90 Å². The summed E-state index contributed by atoms with van der Waals surface area (Å²) in [5, 5.41) is 8.76. The van der Waals surface area contributed by atoms with Crippen molar-refractivity contribution in [2.45, 2.75) is 39.2 Å². The molecule has 6 nitrogen and oxygen atoms in total. The molecule has 1 N–H and O–H groups in total. The van der Waals surface area contributed by atoms with Gasteiger partial charge in [0.2, 0.25) is 0 Å². The second-order valence-electron chi connectivity index (χ2n) is 8.75. The molecule has 0 aliphatic heterocycles. The van der Waals surface area contributed by atoms with E-state index in [2.05, 4.69) is 52.0 Å². The minimum atomic E-state index is -3.86. The number of ether oxygens (including phenoxy) is 2. The topological polar surface area (TPSA) is 89.9 Å². The number of hydrogen-bond donors (Lipinski definition) is 1. The van der Waals surface area contributed by atoms with Gasteiger partial charge in [-0.2, -0.15) is 0 Å². The fourth-order valence-corrected chi connectivity index (χ4v) is 4.74. The number of benzene rings is 3. The molecule has 0 aliphatic carbocycles. The zero-order valence-corrected chi connectivity index (χ0v) is 20.7. The highest BCUT2D eigenvalue weighted by Gasteiger charge is 2.18. The first-order valence-electron chi connectivity index (χ1n) is 11.1. The molecular formula is C27H30O6S. The Morgan fingerprint density at radius 1 is 0.912 bits per heavy atom. The Balaban J connectivity index is 1.73. The van der Waals surface area contributed by atoms with E-state index in [1.54, 1.807) is 0 Å². The predicted molar refractivity (Wildman–Crippen MR) is 132 cm³/mol. The molecule has 7 heteroatoms. The first-order valence-corrected chi connectivity index (χ1v) is 12.7. The van der Waals surface area contributed by atoms with Gasteiger partial charge in [-0.1, -0.05) is 32.0 Å². The third-order valence-electron chi connectivity index (χ3n) is 5.21. The molecule has 0 heterocycles. The molecule has 0 atom stereocenters. The van der Waals surface area contributed by atoms with Crippen LogP contribution in [0.2, 0.25) is 0 Å². The Morgan fingerprint density at radius 2 is 1.56 bits per heavy atom. The second kappa shape index (κ2) is 10.7. The number of hydrogen-bond acceptors (Lipinski definition) is 5. The van der Waals surface area contributed by atoms with Crippen LogP contribution in [0.5, 0.6) is 11.5 Å². The van der Waals surface area contributed by atoms with Crippen molar-refractivity contribution in [1.82, 2.24) is 0 Å². The summed E-state index contributed by atoms with van der Waals surface area (Å²) < 4.78 is 35.8. The number of carboxylic acids is 1. The SMILES string of the molecule is Cc1cc(OCC(C)C)cc(C)c1-c1cccc(COc2ccc(S(=O)(=O)CC(=O)O)cc2)c1. The molecule has 3 aromatic rings. The van der Waals surface area contributed by atoms with Crippen LogP contribution in [0.1, 0.15) is 30.5 Å². The molecule has 3 rings (SSSR count).